The molecule has 12 rings (SSSR count). The van der Waals surface area contributed by atoms with Crippen LogP contribution in [0.25, 0.3) is 86.3 Å². The lowest BCUT2D eigenvalue weighted by atomic mass is 9.82. The zero-order chi connectivity index (χ0) is 38.5. The van der Waals surface area contributed by atoms with Crippen molar-refractivity contribution in [3.8, 4) is 33.4 Å². The number of anilines is 3. The van der Waals surface area contributed by atoms with Crippen LogP contribution in [0.4, 0.5) is 17.1 Å². The second-order valence-corrected chi connectivity index (χ2v) is 17.1. The van der Waals surface area contributed by atoms with Crippen molar-refractivity contribution in [2.45, 2.75) is 19.3 Å². The molecule has 0 atom stereocenters. The fourth-order valence-corrected chi connectivity index (χ4v) is 11.0. The molecule has 2 aromatic heterocycles. The zero-order valence-electron chi connectivity index (χ0n) is 32.2. The lowest BCUT2D eigenvalue weighted by Gasteiger charge is -2.31. The van der Waals surface area contributed by atoms with Gasteiger partial charge in [0.25, 0.3) is 0 Å². The Hall–Kier alpha value is -6.94. The van der Waals surface area contributed by atoms with Crippen molar-refractivity contribution in [1.29, 1.82) is 0 Å². The molecule has 58 heavy (non-hydrogen) atoms. The summed E-state index contributed by atoms with van der Waals surface area (Å²) in [6, 6.07) is 68.9. The average Bonchev–Trinajstić information content (AvgIpc) is 3.93. The molecule has 0 saturated carbocycles. The van der Waals surface area contributed by atoms with Crippen molar-refractivity contribution < 1.29 is 4.42 Å². The summed E-state index contributed by atoms with van der Waals surface area (Å²) in [4.78, 5) is 2.53. The number of para-hydroxylation sites is 2. The monoisotopic (exact) mass is 759 g/mol. The van der Waals surface area contributed by atoms with Gasteiger partial charge in [-0.3, -0.25) is 0 Å². The molecular weight excluding hydrogens is 723 g/mol. The van der Waals surface area contributed by atoms with Crippen LogP contribution < -0.4 is 4.90 Å². The Balaban J connectivity index is 1.16. The first-order valence-corrected chi connectivity index (χ1v) is 20.8. The van der Waals surface area contributed by atoms with Crippen molar-refractivity contribution in [2.75, 3.05) is 4.90 Å². The molecule has 0 spiro atoms. The summed E-state index contributed by atoms with van der Waals surface area (Å²) in [5.41, 5.74) is 15.1. The van der Waals surface area contributed by atoms with Gasteiger partial charge in [-0.15, -0.1) is 11.3 Å². The first-order valence-electron chi connectivity index (χ1n) is 20.0. The number of furan rings is 1. The molecule has 274 valence electrons. The molecule has 2 nitrogen and oxygen atoms in total. The molecule has 3 heteroatoms. The van der Waals surface area contributed by atoms with E-state index in [2.05, 4.69) is 201 Å². The van der Waals surface area contributed by atoms with Crippen LogP contribution in [-0.2, 0) is 5.41 Å². The predicted molar refractivity (Wildman–Crippen MR) is 247 cm³/mol. The third-order valence-corrected chi connectivity index (χ3v) is 13.7. The topological polar surface area (TPSA) is 16.4 Å². The summed E-state index contributed by atoms with van der Waals surface area (Å²) in [6.45, 7) is 4.74. The van der Waals surface area contributed by atoms with Gasteiger partial charge in [0.2, 0.25) is 0 Å². The molecule has 0 saturated heterocycles. The maximum Gasteiger partial charge on any atom is 0.143 e. The maximum atomic E-state index is 6.51. The second-order valence-electron chi connectivity index (χ2n) is 16.0. The Morgan fingerprint density at radius 2 is 1.10 bits per heavy atom. The highest BCUT2D eigenvalue weighted by atomic mass is 32.1. The van der Waals surface area contributed by atoms with Gasteiger partial charge in [0.1, 0.15) is 11.2 Å². The minimum Gasteiger partial charge on any atom is -0.455 e. The summed E-state index contributed by atoms with van der Waals surface area (Å²) in [6.07, 6.45) is 0. The number of thiophene rings is 1. The van der Waals surface area contributed by atoms with Crippen LogP contribution in [0.5, 0.6) is 0 Å². The van der Waals surface area contributed by atoms with E-state index in [9.17, 15) is 0 Å². The van der Waals surface area contributed by atoms with Crippen molar-refractivity contribution >= 4 is 81.3 Å². The van der Waals surface area contributed by atoms with Gasteiger partial charge < -0.3 is 9.32 Å². The van der Waals surface area contributed by atoms with Gasteiger partial charge in [0.05, 0.1) is 5.69 Å². The number of rotatable bonds is 5. The largest absolute Gasteiger partial charge is 0.455 e. The van der Waals surface area contributed by atoms with Crippen LogP contribution in [0.1, 0.15) is 25.0 Å². The standard InChI is InChI=1S/C55H37NOS/c1-55(2)46-24-11-8-17-39(46)40-32-31-37(33-47(40)55)56(36-29-27-34(28-30-36)38-22-14-23-43-41-18-9-12-25-48(41)57-53(38)43)52-42-19-6-7-20-44(42)54-51(45-21-10-13-26-49(45)58-54)50(52)35-15-4-3-5-16-35/h3-33H,1-2H3. The molecule has 0 N–H and O–H groups in total. The number of benzene rings is 9. The van der Waals surface area contributed by atoms with Crippen LogP contribution in [0.15, 0.2) is 192 Å². The fraction of sp³-hybridized carbons (Fsp3) is 0.0545. The first-order chi connectivity index (χ1) is 28.5. The molecule has 1 aliphatic rings. The molecule has 0 amide bonds. The van der Waals surface area contributed by atoms with Gasteiger partial charge in [-0.05, 0) is 69.8 Å². The van der Waals surface area contributed by atoms with Crippen molar-refractivity contribution in [3.05, 3.63) is 199 Å². The van der Waals surface area contributed by atoms with E-state index in [1.807, 2.05) is 17.4 Å². The second kappa shape index (κ2) is 12.5. The highest BCUT2D eigenvalue weighted by Gasteiger charge is 2.36. The molecule has 1 aliphatic carbocycles. The molecule has 2 heterocycles. The van der Waals surface area contributed by atoms with Gasteiger partial charge in [-0.1, -0.05) is 166 Å². The van der Waals surface area contributed by atoms with Crippen molar-refractivity contribution in [3.63, 3.8) is 0 Å². The van der Waals surface area contributed by atoms with Crippen LogP contribution in [-0.4, -0.2) is 0 Å². The molecule has 11 aromatic rings. The Morgan fingerprint density at radius 3 is 1.95 bits per heavy atom. The van der Waals surface area contributed by atoms with Crippen molar-refractivity contribution in [2.24, 2.45) is 0 Å². The SMILES string of the molecule is CC1(C)c2ccccc2-c2ccc(N(c3ccc(-c4cccc5c4oc4ccccc45)cc3)c3c(-c4ccccc4)c4c5ccccc5sc4c4ccccc34)cc21. The zero-order valence-corrected chi connectivity index (χ0v) is 33.0. The van der Waals surface area contributed by atoms with Crippen LogP contribution in [0.3, 0.4) is 0 Å². The average molecular weight is 760 g/mol. The molecule has 9 aromatic carbocycles. The minimum atomic E-state index is -0.152. The molecule has 0 bridgehead atoms. The van der Waals surface area contributed by atoms with Crippen LogP contribution in [0, 0.1) is 0 Å². The number of hydrogen-bond donors (Lipinski definition) is 0. The van der Waals surface area contributed by atoms with Crippen LogP contribution >= 0.6 is 11.3 Å². The normalized spacial score (nSPS) is 13.1. The Kier molecular flexibility index (Phi) is 7.18. The Bertz CT molecular complexity index is 3420. The predicted octanol–water partition coefficient (Wildman–Crippen LogP) is 16.2. The van der Waals surface area contributed by atoms with E-state index < -0.39 is 0 Å². The molecule has 0 radical (unpaired) electrons. The quantitative estimate of drug-likeness (QED) is 0.174. The van der Waals surface area contributed by atoms with E-state index in [0.717, 1.165) is 44.4 Å². The van der Waals surface area contributed by atoms with E-state index in [-0.39, 0.29) is 5.41 Å². The maximum absolute atomic E-state index is 6.51. The lowest BCUT2D eigenvalue weighted by molar-refractivity contribution is 0.660. The highest BCUT2D eigenvalue weighted by Crippen LogP contribution is 2.55. The summed E-state index contributed by atoms with van der Waals surface area (Å²) >= 11 is 1.90. The molecule has 0 fully saturated rings. The number of fused-ring (bicyclic) bond motifs is 11. The third kappa shape index (κ3) is 4.77. The van der Waals surface area contributed by atoms with Gasteiger partial charge in [0, 0.05) is 69.6 Å². The van der Waals surface area contributed by atoms with E-state index in [1.165, 1.54) is 70.0 Å². The van der Waals surface area contributed by atoms with Gasteiger partial charge >= 0.3 is 0 Å². The molecule has 0 aliphatic heterocycles. The first kappa shape index (κ1) is 33.2. The summed E-state index contributed by atoms with van der Waals surface area (Å²) in [7, 11) is 0. The van der Waals surface area contributed by atoms with Crippen molar-refractivity contribution in [1.82, 2.24) is 0 Å². The smallest absolute Gasteiger partial charge is 0.143 e. The highest BCUT2D eigenvalue weighted by molar-refractivity contribution is 7.26. The fourth-order valence-electron chi connectivity index (χ4n) is 9.75. The summed E-state index contributed by atoms with van der Waals surface area (Å²) < 4.78 is 9.13. The van der Waals surface area contributed by atoms with E-state index in [1.54, 1.807) is 0 Å². The summed E-state index contributed by atoms with van der Waals surface area (Å²) in [5, 5.41) is 7.34. The third-order valence-electron chi connectivity index (χ3n) is 12.5. The lowest BCUT2D eigenvalue weighted by Crippen LogP contribution is -2.17. The van der Waals surface area contributed by atoms with E-state index in [4.69, 9.17) is 4.42 Å². The molecule has 0 unspecified atom stereocenters. The van der Waals surface area contributed by atoms with Gasteiger partial charge in [0.15, 0.2) is 0 Å². The number of nitrogens with zero attached hydrogens (tertiary/aromatic N) is 1. The van der Waals surface area contributed by atoms with Gasteiger partial charge in [-0.25, -0.2) is 0 Å². The Labute approximate surface area is 340 Å². The van der Waals surface area contributed by atoms with E-state index in [0.29, 0.717) is 0 Å². The van der Waals surface area contributed by atoms with Crippen LogP contribution in [0.2, 0.25) is 0 Å². The van der Waals surface area contributed by atoms with E-state index >= 15 is 0 Å². The Morgan fingerprint density at radius 1 is 0.466 bits per heavy atom. The van der Waals surface area contributed by atoms with Gasteiger partial charge in [-0.2, -0.15) is 0 Å². The number of hydrogen-bond acceptors (Lipinski definition) is 3. The molecular formula is C55H37NOS. The minimum absolute atomic E-state index is 0.152. The summed E-state index contributed by atoms with van der Waals surface area (Å²) in [5.74, 6) is 0.